The van der Waals surface area contributed by atoms with Crippen molar-refractivity contribution in [1.82, 2.24) is 10.8 Å². The Morgan fingerprint density at radius 1 is 1.38 bits per heavy atom. The van der Waals surface area contributed by atoms with Crippen molar-refractivity contribution in [1.29, 1.82) is 0 Å². The fraction of sp³-hybridized carbons (Fsp3) is 1.00. The van der Waals surface area contributed by atoms with Gasteiger partial charge < -0.3 is 0 Å². The molecule has 0 amide bonds. The van der Waals surface area contributed by atoms with Crippen molar-refractivity contribution in [3.05, 3.63) is 0 Å². The average molecular weight is 114 g/mol. The van der Waals surface area contributed by atoms with Gasteiger partial charge in [0.05, 0.1) is 0 Å². The topological polar surface area (TPSA) is 33.3 Å². The van der Waals surface area contributed by atoms with Crippen molar-refractivity contribution in [3.8, 4) is 0 Å². The predicted molar refractivity (Wildman–Crippen MR) is 29.0 cm³/mol. The largest absolute Gasteiger partial charge is 0.286 e. The van der Waals surface area contributed by atoms with E-state index < -0.39 is 0 Å². The Morgan fingerprint density at radius 2 is 2.38 bits per heavy atom. The molecule has 2 aliphatic heterocycles. The molecule has 2 aliphatic rings. The quantitative estimate of drug-likeness (QED) is 0.449. The second-order valence-electron chi connectivity index (χ2n) is 2.40. The highest BCUT2D eigenvalue weighted by Gasteiger charge is 2.27. The third-order valence-electron chi connectivity index (χ3n) is 1.75. The summed E-state index contributed by atoms with van der Waals surface area (Å²) in [6.45, 7) is 0.969. The van der Waals surface area contributed by atoms with Gasteiger partial charge in [0.15, 0.2) is 0 Å². The summed E-state index contributed by atoms with van der Waals surface area (Å²) < 4.78 is 0. The maximum Gasteiger partial charge on any atom is 0.129 e. The molecule has 3 nitrogen and oxygen atoms in total. The molecule has 0 saturated carbocycles. The van der Waals surface area contributed by atoms with E-state index in [2.05, 4.69) is 10.8 Å². The van der Waals surface area contributed by atoms with Crippen LogP contribution in [-0.2, 0) is 4.84 Å². The normalized spacial score (nSPS) is 45.0. The van der Waals surface area contributed by atoms with Gasteiger partial charge in [-0.2, -0.15) is 5.48 Å². The molecule has 3 heteroatoms. The van der Waals surface area contributed by atoms with Crippen LogP contribution < -0.4 is 10.8 Å². The van der Waals surface area contributed by atoms with E-state index in [1.165, 1.54) is 6.42 Å². The van der Waals surface area contributed by atoms with Crippen molar-refractivity contribution >= 4 is 0 Å². The summed E-state index contributed by atoms with van der Waals surface area (Å²) in [7, 11) is 0. The first-order valence-corrected chi connectivity index (χ1v) is 3.10. The zero-order valence-electron chi connectivity index (χ0n) is 4.68. The summed E-state index contributed by atoms with van der Waals surface area (Å²) in [4.78, 5) is 5.11. The van der Waals surface area contributed by atoms with Crippen LogP contribution in [0, 0.1) is 0 Å². The molecule has 0 spiro atoms. The fourth-order valence-corrected chi connectivity index (χ4v) is 1.29. The van der Waals surface area contributed by atoms with Crippen LogP contribution in [0.5, 0.6) is 0 Å². The second kappa shape index (κ2) is 1.69. The summed E-state index contributed by atoms with van der Waals surface area (Å²) in [5.41, 5.74) is 2.88. The van der Waals surface area contributed by atoms with E-state index in [1.807, 2.05) is 0 Å². The molecule has 2 unspecified atom stereocenters. The van der Waals surface area contributed by atoms with Gasteiger partial charge in [-0.25, -0.2) is 0 Å². The lowest BCUT2D eigenvalue weighted by molar-refractivity contribution is -0.0571. The maximum atomic E-state index is 5.11. The minimum Gasteiger partial charge on any atom is -0.286 e. The third-order valence-corrected chi connectivity index (χ3v) is 1.75. The van der Waals surface area contributed by atoms with Crippen LogP contribution in [0.25, 0.3) is 0 Å². The second-order valence-corrected chi connectivity index (χ2v) is 2.40. The van der Waals surface area contributed by atoms with E-state index in [0.717, 1.165) is 13.0 Å². The lowest BCUT2D eigenvalue weighted by Crippen LogP contribution is -2.46. The van der Waals surface area contributed by atoms with Gasteiger partial charge in [-0.05, 0) is 12.8 Å². The molecule has 8 heavy (non-hydrogen) atoms. The Bertz CT molecular complexity index is 82.4. The van der Waals surface area contributed by atoms with Crippen LogP contribution in [0.3, 0.4) is 0 Å². The molecule has 0 aromatic rings. The van der Waals surface area contributed by atoms with E-state index in [4.69, 9.17) is 4.84 Å². The first kappa shape index (κ1) is 4.73. The first-order valence-electron chi connectivity index (χ1n) is 3.10. The molecule has 2 atom stereocenters. The van der Waals surface area contributed by atoms with Gasteiger partial charge in [0, 0.05) is 12.6 Å². The number of hydrogen-bond acceptors (Lipinski definition) is 3. The van der Waals surface area contributed by atoms with E-state index in [-0.39, 0.29) is 0 Å². The predicted octanol–water partition coefficient (Wildman–Crippen LogP) is -0.401. The van der Waals surface area contributed by atoms with E-state index in [9.17, 15) is 0 Å². The zero-order valence-corrected chi connectivity index (χ0v) is 4.68. The lowest BCUT2D eigenvalue weighted by atomic mass is 10.2. The average Bonchev–Trinajstić information content (AvgIpc) is 2.12. The van der Waals surface area contributed by atoms with Crippen molar-refractivity contribution in [2.45, 2.75) is 25.1 Å². The molecule has 2 N–H and O–H groups in total. The van der Waals surface area contributed by atoms with Gasteiger partial charge in [-0.3, -0.25) is 10.2 Å². The number of nitrogens with one attached hydrogen (secondary N) is 2. The highest BCUT2D eigenvalue weighted by atomic mass is 16.7. The van der Waals surface area contributed by atoms with Crippen LogP contribution in [0.15, 0.2) is 0 Å². The van der Waals surface area contributed by atoms with Crippen molar-refractivity contribution < 1.29 is 4.84 Å². The molecule has 0 radical (unpaired) electrons. The van der Waals surface area contributed by atoms with Gasteiger partial charge in [-0.1, -0.05) is 0 Å². The summed E-state index contributed by atoms with van der Waals surface area (Å²) in [6.07, 6.45) is 2.73. The van der Waals surface area contributed by atoms with Gasteiger partial charge in [-0.15, -0.1) is 0 Å². The van der Waals surface area contributed by atoms with Crippen molar-refractivity contribution in [2.75, 3.05) is 6.54 Å². The molecule has 0 aliphatic carbocycles. The SMILES string of the molecule is C1CC2NC1CNO2. The Morgan fingerprint density at radius 3 is 3.12 bits per heavy atom. The number of rotatable bonds is 0. The fourth-order valence-electron chi connectivity index (χ4n) is 1.29. The number of hydrogen-bond donors (Lipinski definition) is 2. The standard InChI is InChI=1S/C5H10N2O/c1-2-5-7-4(1)3-6-8-5/h4-7H,1-3H2. The summed E-state index contributed by atoms with van der Waals surface area (Å²) >= 11 is 0. The highest BCUT2D eigenvalue weighted by molar-refractivity contribution is 4.81. The summed E-state index contributed by atoms with van der Waals surface area (Å²) in [5, 5.41) is 3.31. The summed E-state index contributed by atoms with van der Waals surface area (Å²) in [5.74, 6) is 0. The molecule has 2 heterocycles. The molecule has 2 rings (SSSR count). The van der Waals surface area contributed by atoms with E-state index in [1.54, 1.807) is 0 Å². The van der Waals surface area contributed by atoms with Crippen LogP contribution in [0.4, 0.5) is 0 Å². The minimum absolute atomic E-state index is 0.300. The minimum atomic E-state index is 0.300. The van der Waals surface area contributed by atoms with Crippen molar-refractivity contribution in [2.24, 2.45) is 0 Å². The number of hydroxylamine groups is 1. The molecular weight excluding hydrogens is 104 g/mol. The zero-order chi connectivity index (χ0) is 5.40. The van der Waals surface area contributed by atoms with Gasteiger partial charge in [0.25, 0.3) is 0 Å². The van der Waals surface area contributed by atoms with Crippen LogP contribution in [0.1, 0.15) is 12.8 Å². The lowest BCUT2D eigenvalue weighted by Gasteiger charge is -2.21. The van der Waals surface area contributed by atoms with E-state index in [0.29, 0.717) is 12.3 Å². The van der Waals surface area contributed by atoms with Crippen LogP contribution in [0.2, 0.25) is 0 Å². The van der Waals surface area contributed by atoms with Gasteiger partial charge >= 0.3 is 0 Å². The molecule has 46 valence electrons. The maximum absolute atomic E-state index is 5.11. The smallest absolute Gasteiger partial charge is 0.129 e. The Kier molecular flexibility index (Phi) is 0.997. The van der Waals surface area contributed by atoms with Crippen LogP contribution in [-0.4, -0.2) is 18.8 Å². The third kappa shape index (κ3) is 0.632. The molecule has 0 aromatic carbocycles. The van der Waals surface area contributed by atoms with Crippen LogP contribution >= 0.6 is 0 Å². The number of fused-ring (bicyclic) bond motifs is 2. The van der Waals surface area contributed by atoms with Crippen molar-refractivity contribution in [3.63, 3.8) is 0 Å². The molecular formula is C5H10N2O. The molecule has 2 saturated heterocycles. The van der Waals surface area contributed by atoms with Gasteiger partial charge in [0.2, 0.25) is 0 Å². The Hall–Kier alpha value is -0.120. The first-order chi connectivity index (χ1) is 3.95. The molecule has 2 bridgehead atoms. The Labute approximate surface area is 48.4 Å². The molecule has 0 aromatic heterocycles. The molecule has 2 fully saturated rings. The Balaban J connectivity index is 2.03. The highest BCUT2D eigenvalue weighted by Crippen LogP contribution is 2.14. The summed E-state index contributed by atoms with van der Waals surface area (Å²) in [6, 6.07) is 0.675. The monoisotopic (exact) mass is 114 g/mol. The van der Waals surface area contributed by atoms with Gasteiger partial charge in [0.1, 0.15) is 6.23 Å². The van der Waals surface area contributed by atoms with E-state index >= 15 is 0 Å².